The Morgan fingerprint density at radius 1 is 0.349 bits per heavy atom. The van der Waals surface area contributed by atoms with Crippen molar-refractivity contribution in [3.63, 3.8) is 0 Å². The molecule has 0 saturated carbocycles. The lowest BCUT2D eigenvalue weighted by atomic mass is 10.3. The van der Waals surface area contributed by atoms with Crippen LogP contribution in [0.25, 0.3) is 0 Å². The molecule has 6 aliphatic rings. The van der Waals surface area contributed by atoms with Crippen LogP contribution in [0.2, 0.25) is 0 Å². The highest BCUT2D eigenvalue weighted by molar-refractivity contribution is 8.13. The summed E-state index contributed by atoms with van der Waals surface area (Å²) in [5.41, 5.74) is 0. The molecule has 0 radical (unpaired) electrons. The number of hydrogen-bond acceptors (Lipinski definition) is 9. The van der Waals surface area contributed by atoms with Gasteiger partial charge in [-0.2, -0.15) is 0 Å². The SMILES string of the molecule is C=S1CCCCCN1.C=S1CCCCN1.C=S1CCCN1.C=S1CCOCCN1.C=S1CCOCN1.C=S1COCCN1. The van der Waals surface area contributed by atoms with E-state index in [0.29, 0.717) is 38.7 Å². The average molecular weight is 723 g/mol. The van der Waals surface area contributed by atoms with Gasteiger partial charge in [-0.15, -0.1) is 64.0 Å². The van der Waals surface area contributed by atoms with Crippen LogP contribution in [0.15, 0.2) is 0 Å². The van der Waals surface area contributed by atoms with Crippen molar-refractivity contribution in [1.82, 2.24) is 28.3 Å². The number of rotatable bonds is 0. The normalized spacial score (nSPS) is 32.7. The van der Waals surface area contributed by atoms with Gasteiger partial charge in [0.15, 0.2) is 0 Å². The fourth-order valence-electron chi connectivity index (χ4n) is 3.57. The summed E-state index contributed by atoms with van der Waals surface area (Å²) >= 11 is 0. The second kappa shape index (κ2) is 30.3. The van der Waals surface area contributed by atoms with E-state index in [1.807, 2.05) is 0 Å². The van der Waals surface area contributed by atoms with Gasteiger partial charge in [-0.05, 0) is 32.1 Å². The predicted molar refractivity (Wildman–Crippen MR) is 216 cm³/mol. The van der Waals surface area contributed by atoms with Gasteiger partial charge in [0.2, 0.25) is 0 Å². The van der Waals surface area contributed by atoms with Crippen molar-refractivity contribution >= 4 is 99.2 Å². The second-order valence-corrected chi connectivity index (χ2v) is 19.8. The van der Waals surface area contributed by atoms with Gasteiger partial charge < -0.3 is 14.2 Å². The molecule has 6 unspecified atom stereocenters. The molecule has 6 rings (SSSR count). The summed E-state index contributed by atoms with van der Waals surface area (Å²) in [4.78, 5) is 0. The fourth-order valence-corrected chi connectivity index (χ4v) is 9.23. The molecule has 6 atom stereocenters. The van der Waals surface area contributed by atoms with Crippen LogP contribution in [0.4, 0.5) is 0 Å². The molecule has 6 saturated heterocycles. The Morgan fingerprint density at radius 2 is 0.791 bits per heavy atom. The van der Waals surface area contributed by atoms with Crippen molar-refractivity contribution in [2.24, 2.45) is 0 Å². The molecular formula is C28H62N6O3S6. The van der Waals surface area contributed by atoms with Crippen LogP contribution in [0.3, 0.4) is 0 Å². The zero-order chi connectivity index (χ0) is 31.4. The first-order valence-corrected chi connectivity index (χ1v) is 24.4. The van der Waals surface area contributed by atoms with Gasteiger partial charge in [-0.1, -0.05) is 41.6 Å². The van der Waals surface area contributed by atoms with Crippen molar-refractivity contribution in [2.45, 2.75) is 38.5 Å². The lowest BCUT2D eigenvalue weighted by Crippen LogP contribution is -2.21. The van der Waals surface area contributed by atoms with Gasteiger partial charge >= 0.3 is 0 Å². The van der Waals surface area contributed by atoms with E-state index in [1.54, 1.807) is 0 Å². The van der Waals surface area contributed by atoms with Gasteiger partial charge in [0, 0.05) is 61.5 Å². The summed E-state index contributed by atoms with van der Waals surface area (Å²) in [6, 6.07) is 0. The van der Waals surface area contributed by atoms with Crippen LogP contribution >= 0.6 is 64.0 Å². The highest BCUT2D eigenvalue weighted by Gasteiger charge is 2.00. The van der Waals surface area contributed by atoms with Crippen LogP contribution in [-0.2, 0) is 14.2 Å². The van der Waals surface area contributed by atoms with E-state index in [4.69, 9.17) is 14.2 Å². The summed E-state index contributed by atoms with van der Waals surface area (Å²) < 4.78 is 34.6. The Hall–Kier alpha value is 0.960. The zero-order valence-corrected chi connectivity index (χ0v) is 31.4. The lowest BCUT2D eigenvalue weighted by Gasteiger charge is -2.15. The van der Waals surface area contributed by atoms with Gasteiger partial charge in [0.25, 0.3) is 0 Å². The molecule has 0 aromatic heterocycles. The monoisotopic (exact) mass is 722 g/mol. The molecule has 0 amide bonds. The Bertz CT molecular complexity index is 724. The summed E-state index contributed by atoms with van der Waals surface area (Å²) in [6.45, 7) is 9.62. The van der Waals surface area contributed by atoms with E-state index in [9.17, 15) is 0 Å². The van der Waals surface area contributed by atoms with Crippen molar-refractivity contribution in [1.29, 1.82) is 0 Å². The van der Waals surface area contributed by atoms with Crippen molar-refractivity contribution in [2.75, 3.05) is 101 Å². The summed E-state index contributed by atoms with van der Waals surface area (Å²) in [5, 5.41) is 0. The van der Waals surface area contributed by atoms with Gasteiger partial charge in [0.1, 0.15) is 6.73 Å². The molecule has 6 N–H and O–H groups in total. The molecule has 0 spiro atoms. The van der Waals surface area contributed by atoms with E-state index in [0.717, 1.165) is 57.0 Å². The topological polar surface area (TPSA) is 99.9 Å². The third kappa shape index (κ3) is 28.9. The van der Waals surface area contributed by atoms with Crippen LogP contribution in [0.1, 0.15) is 38.5 Å². The van der Waals surface area contributed by atoms with Crippen molar-refractivity contribution < 1.29 is 14.2 Å². The van der Waals surface area contributed by atoms with Crippen molar-refractivity contribution in [3.05, 3.63) is 0 Å². The number of hydrogen-bond donors (Lipinski definition) is 6. The quantitative estimate of drug-likeness (QED) is 0.210. The Labute approximate surface area is 279 Å². The molecule has 43 heavy (non-hydrogen) atoms. The summed E-state index contributed by atoms with van der Waals surface area (Å²) in [5.74, 6) is 30.1. The maximum atomic E-state index is 5.17. The molecule has 6 fully saturated rings. The maximum Gasteiger partial charge on any atom is 0.105 e. The minimum atomic E-state index is 0.0876. The van der Waals surface area contributed by atoms with E-state index in [1.165, 1.54) is 75.4 Å². The van der Waals surface area contributed by atoms with Crippen LogP contribution in [0, 0.1) is 0 Å². The minimum Gasteiger partial charge on any atom is -0.379 e. The average Bonchev–Trinajstić information content (AvgIpc) is 3.20. The smallest absolute Gasteiger partial charge is 0.105 e. The van der Waals surface area contributed by atoms with Gasteiger partial charge in [-0.25, -0.2) is 4.72 Å². The molecule has 258 valence electrons. The molecule has 0 aromatic carbocycles. The maximum absolute atomic E-state index is 5.17. The summed E-state index contributed by atoms with van der Waals surface area (Å²) in [7, 11) is 1.37. The highest BCUT2D eigenvalue weighted by atomic mass is 32.2. The fraction of sp³-hybridized carbons (Fsp3) is 0.786. The first kappa shape index (κ1) is 42.0. The summed E-state index contributed by atoms with van der Waals surface area (Å²) in [6.07, 6.45) is 8.16. The standard InChI is InChI=1S/C6H13NS.C5H11NOS.C5H11NS.2C4H9NOS.C4H9NS/c1-8-6-4-2-3-5-7-8;1-8-5-4-7-3-2-6-8;1-7-5-3-2-4-6-7;1-7-3-2-6-4-5-7;1-7-4-6-3-2-5-7;1-6-4-2-3-5-6/h7H,1-6H2;6H,1-5H2;6H,1-5H2;2*5H,1-4H2;5H,1-4H2. The third-order valence-corrected chi connectivity index (χ3v) is 13.7. The molecule has 0 bridgehead atoms. The Balaban J connectivity index is 0.000000259. The van der Waals surface area contributed by atoms with Gasteiger partial charge in [-0.3, -0.25) is 23.6 Å². The number of nitrogens with one attached hydrogen (secondary N) is 6. The van der Waals surface area contributed by atoms with Crippen LogP contribution in [0.5, 0.6) is 0 Å². The van der Waals surface area contributed by atoms with E-state index >= 15 is 0 Å². The molecule has 6 heterocycles. The van der Waals surface area contributed by atoms with Crippen LogP contribution < -0.4 is 28.3 Å². The lowest BCUT2D eigenvalue weighted by molar-refractivity contribution is 0.140. The number of ether oxygens (including phenoxy) is 3. The molecule has 15 heteroatoms. The van der Waals surface area contributed by atoms with Crippen molar-refractivity contribution in [3.8, 4) is 0 Å². The molecular weight excluding hydrogens is 661 g/mol. The highest BCUT2D eigenvalue weighted by Crippen LogP contribution is 2.13. The molecule has 0 aliphatic carbocycles. The third-order valence-electron chi connectivity index (χ3n) is 6.02. The molecule has 6 aliphatic heterocycles. The first-order valence-electron chi connectivity index (χ1n) is 15.0. The zero-order valence-electron chi connectivity index (χ0n) is 26.5. The largest absolute Gasteiger partial charge is 0.379 e. The van der Waals surface area contributed by atoms with Gasteiger partial charge in [0.05, 0.1) is 32.4 Å². The van der Waals surface area contributed by atoms with E-state index in [2.05, 4.69) is 63.6 Å². The molecule has 0 aromatic rings. The Kier molecular flexibility index (Phi) is 29.6. The minimum absolute atomic E-state index is 0.0876. The second-order valence-electron chi connectivity index (χ2n) is 9.91. The Morgan fingerprint density at radius 3 is 1.26 bits per heavy atom. The predicted octanol–water partition coefficient (Wildman–Crippen LogP) is 3.54. The van der Waals surface area contributed by atoms with E-state index < -0.39 is 0 Å². The van der Waals surface area contributed by atoms with Crippen LogP contribution in [-0.4, -0.2) is 136 Å². The van der Waals surface area contributed by atoms with E-state index in [-0.39, 0.29) is 32.0 Å². The molecule has 9 nitrogen and oxygen atoms in total. The first-order chi connectivity index (χ1) is 20.9.